The van der Waals surface area contributed by atoms with Gasteiger partial charge in [0.25, 0.3) is 0 Å². The second-order valence-electron chi connectivity index (χ2n) is 5.37. The van der Waals surface area contributed by atoms with Gasteiger partial charge in [0.2, 0.25) is 0 Å². The van der Waals surface area contributed by atoms with Crippen molar-refractivity contribution < 1.29 is 4.39 Å². The van der Waals surface area contributed by atoms with E-state index < -0.39 is 0 Å². The fourth-order valence-corrected chi connectivity index (χ4v) is 2.85. The fourth-order valence-electron chi connectivity index (χ4n) is 2.39. The molecule has 3 heteroatoms. The average Bonchev–Trinajstić information content (AvgIpc) is 2.51. The Morgan fingerprint density at radius 2 is 2.19 bits per heavy atom. The molecule has 0 aromatic heterocycles. The van der Waals surface area contributed by atoms with E-state index in [-0.39, 0.29) is 5.82 Å². The van der Waals surface area contributed by atoms with Crippen molar-refractivity contribution in [1.29, 1.82) is 0 Å². The van der Waals surface area contributed by atoms with Crippen LogP contribution < -0.4 is 5.32 Å². The lowest BCUT2D eigenvalue weighted by Gasteiger charge is -2.19. The predicted molar refractivity (Wildman–Crippen MR) is 69.1 cm³/mol. The smallest absolute Gasteiger partial charge is 0.124 e. The second-order valence-corrected chi connectivity index (χ2v) is 6.23. The van der Waals surface area contributed by atoms with E-state index in [1.807, 2.05) is 0 Å². The van der Waals surface area contributed by atoms with E-state index in [2.05, 4.69) is 35.1 Å². The highest BCUT2D eigenvalue weighted by Gasteiger charge is 2.30. The predicted octanol–water partition coefficient (Wildman–Crippen LogP) is 4.58. The molecule has 1 unspecified atom stereocenters. The molecule has 2 rings (SSSR count). The fraction of sp³-hybridized carbons (Fsp3) is 0.538. The number of nitrogens with one attached hydrogen (secondary N) is 1. The number of benzene rings is 1. The Labute approximate surface area is 105 Å². The molecule has 0 amide bonds. The first-order valence-corrected chi connectivity index (χ1v) is 6.47. The molecular weight excluding hydrogens is 269 g/mol. The van der Waals surface area contributed by atoms with E-state index in [9.17, 15) is 4.39 Å². The zero-order chi connectivity index (χ0) is 11.8. The topological polar surface area (TPSA) is 12.0 Å². The third-order valence-electron chi connectivity index (χ3n) is 3.26. The minimum absolute atomic E-state index is 0.204. The summed E-state index contributed by atoms with van der Waals surface area (Å²) in [5.74, 6) is -0.204. The highest BCUT2D eigenvalue weighted by atomic mass is 79.9. The first kappa shape index (κ1) is 11.9. The van der Waals surface area contributed by atoms with Crippen LogP contribution in [0.1, 0.15) is 33.1 Å². The van der Waals surface area contributed by atoms with Gasteiger partial charge >= 0.3 is 0 Å². The molecule has 1 aromatic carbocycles. The summed E-state index contributed by atoms with van der Waals surface area (Å²) in [7, 11) is 0. The van der Waals surface area contributed by atoms with Gasteiger partial charge in [0.05, 0.1) is 0 Å². The van der Waals surface area contributed by atoms with Gasteiger partial charge < -0.3 is 5.32 Å². The molecule has 0 saturated heterocycles. The lowest BCUT2D eigenvalue weighted by Crippen LogP contribution is -2.17. The van der Waals surface area contributed by atoms with Crippen molar-refractivity contribution in [3.63, 3.8) is 0 Å². The molecule has 0 aliphatic heterocycles. The maximum atomic E-state index is 12.9. The highest BCUT2D eigenvalue weighted by Crippen LogP contribution is 2.39. The molecule has 0 spiro atoms. The minimum atomic E-state index is -0.204. The van der Waals surface area contributed by atoms with Gasteiger partial charge in [0, 0.05) is 16.2 Å². The highest BCUT2D eigenvalue weighted by molar-refractivity contribution is 9.10. The van der Waals surface area contributed by atoms with Crippen molar-refractivity contribution in [2.24, 2.45) is 5.41 Å². The van der Waals surface area contributed by atoms with Gasteiger partial charge in [-0.2, -0.15) is 0 Å². The summed E-state index contributed by atoms with van der Waals surface area (Å²) in [5.41, 5.74) is 1.42. The Kier molecular flexibility index (Phi) is 3.24. The number of hydrogen-bond acceptors (Lipinski definition) is 1. The van der Waals surface area contributed by atoms with Crippen LogP contribution in [0.3, 0.4) is 0 Å². The van der Waals surface area contributed by atoms with Gasteiger partial charge in [-0.1, -0.05) is 13.8 Å². The summed E-state index contributed by atoms with van der Waals surface area (Å²) in [6, 6.07) is 5.30. The molecule has 0 heterocycles. The molecule has 1 nitrogen and oxygen atoms in total. The molecule has 1 aliphatic rings. The normalized spacial score (nSPS) is 23.4. The zero-order valence-corrected chi connectivity index (χ0v) is 11.3. The Morgan fingerprint density at radius 3 is 2.75 bits per heavy atom. The van der Waals surface area contributed by atoms with Crippen LogP contribution in [0.2, 0.25) is 0 Å². The molecule has 1 atom stereocenters. The molecule has 1 saturated carbocycles. The lowest BCUT2D eigenvalue weighted by molar-refractivity contribution is 0.378. The standard InChI is InChI=1S/C13H17BrFN/c1-13(2)6-5-10(8-13)16-12-4-3-9(15)7-11(12)14/h3-4,7,10,16H,5-6,8H2,1-2H3. The molecule has 0 bridgehead atoms. The van der Waals surface area contributed by atoms with E-state index in [1.165, 1.54) is 31.4 Å². The molecule has 1 aliphatic carbocycles. The van der Waals surface area contributed by atoms with Gasteiger partial charge in [-0.05, 0) is 58.8 Å². The lowest BCUT2D eigenvalue weighted by atomic mass is 9.92. The van der Waals surface area contributed by atoms with Crippen LogP contribution >= 0.6 is 15.9 Å². The van der Waals surface area contributed by atoms with Gasteiger partial charge in [-0.15, -0.1) is 0 Å². The summed E-state index contributed by atoms with van der Waals surface area (Å²) in [4.78, 5) is 0. The summed E-state index contributed by atoms with van der Waals surface area (Å²) >= 11 is 3.38. The second kappa shape index (κ2) is 4.36. The number of rotatable bonds is 2. The van der Waals surface area contributed by atoms with Crippen molar-refractivity contribution in [1.82, 2.24) is 0 Å². The molecular formula is C13H17BrFN. The van der Waals surface area contributed by atoms with E-state index in [0.717, 1.165) is 10.2 Å². The quantitative estimate of drug-likeness (QED) is 0.839. The minimum Gasteiger partial charge on any atom is -0.381 e. The van der Waals surface area contributed by atoms with E-state index in [0.29, 0.717) is 11.5 Å². The van der Waals surface area contributed by atoms with Crippen LogP contribution in [-0.4, -0.2) is 6.04 Å². The van der Waals surface area contributed by atoms with Crippen LogP contribution in [0.5, 0.6) is 0 Å². The number of halogens is 2. The van der Waals surface area contributed by atoms with E-state index in [4.69, 9.17) is 0 Å². The Morgan fingerprint density at radius 1 is 1.44 bits per heavy atom. The van der Waals surface area contributed by atoms with Crippen molar-refractivity contribution in [3.8, 4) is 0 Å². The average molecular weight is 286 g/mol. The molecule has 16 heavy (non-hydrogen) atoms. The maximum Gasteiger partial charge on any atom is 0.124 e. The summed E-state index contributed by atoms with van der Waals surface area (Å²) in [6.45, 7) is 4.60. The van der Waals surface area contributed by atoms with Crippen LogP contribution in [0.4, 0.5) is 10.1 Å². The van der Waals surface area contributed by atoms with E-state index in [1.54, 1.807) is 6.07 Å². The van der Waals surface area contributed by atoms with Crippen molar-refractivity contribution >= 4 is 21.6 Å². The first-order chi connectivity index (χ1) is 7.46. The van der Waals surface area contributed by atoms with Crippen LogP contribution in [0, 0.1) is 11.2 Å². The van der Waals surface area contributed by atoms with Gasteiger partial charge in [0.15, 0.2) is 0 Å². The number of anilines is 1. The van der Waals surface area contributed by atoms with Crippen molar-refractivity contribution in [2.45, 2.75) is 39.2 Å². The Hall–Kier alpha value is -0.570. The van der Waals surface area contributed by atoms with Gasteiger partial charge in [0.1, 0.15) is 5.82 Å². The first-order valence-electron chi connectivity index (χ1n) is 5.68. The zero-order valence-electron chi connectivity index (χ0n) is 9.69. The van der Waals surface area contributed by atoms with Crippen LogP contribution in [0.25, 0.3) is 0 Å². The third-order valence-corrected chi connectivity index (χ3v) is 3.92. The Balaban J connectivity index is 2.05. The maximum absolute atomic E-state index is 12.9. The van der Waals surface area contributed by atoms with E-state index >= 15 is 0 Å². The Bertz CT molecular complexity index is 390. The monoisotopic (exact) mass is 285 g/mol. The third kappa shape index (κ3) is 2.76. The summed E-state index contributed by atoms with van der Waals surface area (Å²) in [6.07, 6.45) is 3.62. The SMILES string of the molecule is CC1(C)CCC(Nc2ccc(F)cc2Br)C1. The van der Waals surface area contributed by atoms with Crippen molar-refractivity contribution in [3.05, 3.63) is 28.5 Å². The number of hydrogen-bond donors (Lipinski definition) is 1. The molecule has 1 N–H and O–H groups in total. The van der Waals surface area contributed by atoms with Crippen LogP contribution in [0.15, 0.2) is 22.7 Å². The van der Waals surface area contributed by atoms with Gasteiger partial charge in [-0.3, -0.25) is 0 Å². The summed E-state index contributed by atoms with van der Waals surface area (Å²) in [5, 5.41) is 3.48. The van der Waals surface area contributed by atoms with Crippen LogP contribution in [-0.2, 0) is 0 Å². The molecule has 1 aromatic rings. The molecule has 0 radical (unpaired) electrons. The molecule has 88 valence electrons. The molecule has 1 fully saturated rings. The largest absolute Gasteiger partial charge is 0.381 e. The van der Waals surface area contributed by atoms with Gasteiger partial charge in [-0.25, -0.2) is 4.39 Å². The summed E-state index contributed by atoms with van der Waals surface area (Å²) < 4.78 is 13.7. The van der Waals surface area contributed by atoms with Crippen molar-refractivity contribution in [2.75, 3.05) is 5.32 Å².